The van der Waals surface area contributed by atoms with Crippen molar-refractivity contribution < 1.29 is 9.59 Å². The predicted octanol–water partition coefficient (Wildman–Crippen LogP) is 2.20. The number of nitrogens with zero attached hydrogens (tertiary/aromatic N) is 2. The van der Waals surface area contributed by atoms with Crippen LogP contribution in [0.15, 0.2) is 48.5 Å². The van der Waals surface area contributed by atoms with Crippen molar-refractivity contribution in [3.63, 3.8) is 0 Å². The molecule has 26 heavy (non-hydrogen) atoms. The third-order valence-corrected chi connectivity index (χ3v) is 5.33. The summed E-state index contributed by atoms with van der Waals surface area (Å²) >= 11 is 0. The lowest BCUT2D eigenvalue weighted by Crippen LogP contribution is -2.46. The first-order valence-electron chi connectivity index (χ1n) is 9.06. The number of carbonyl (C=O) groups excluding carboxylic acids is 2. The second kappa shape index (κ2) is 7.02. The normalized spacial score (nSPS) is 20.7. The first-order valence-corrected chi connectivity index (χ1v) is 9.06. The van der Waals surface area contributed by atoms with Crippen molar-refractivity contribution in [2.24, 2.45) is 0 Å². The molecule has 0 aromatic heterocycles. The number of piperazine rings is 1. The van der Waals surface area contributed by atoms with Crippen LogP contribution in [0.3, 0.4) is 0 Å². The maximum atomic E-state index is 13.3. The number of nitrogens with one attached hydrogen (secondary N) is 1. The smallest absolute Gasteiger partial charge is 0.255 e. The number of para-hydroxylation sites is 1. The van der Waals surface area contributed by atoms with Gasteiger partial charge in [0.05, 0.1) is 12.5 Å². The summed E-state index contributed by atoms with van der Waals surface area (Å²) in [5.74, 6) is -0.421. The maximum absolute atomic E-state index is 13.3. The summed E-state index contributed by atoms with van der Waals surface area (Å²) in [6.07, 6.45) is 0. The molecule has 2 aromatic rings. The molecule has 5 nitrogen and oxygen atoms in total. The van der Waals surface area contributed by atoms with Gasteiger partial charge in [0.1, 0.15) is 0 Å². The molecule has 0 aliphatic carbocycles. The van der Waals surface area contributed by atoms with Gasteiger partial charge in [0.25, 0.3) is 5.91 Å². The number of hydrogen-bond acceptors (Lipinski definition) is 4. The molecule has 0 spiro atoms. The van der Waals surface area contributed by atoms with E-state index in [-0.39, 0.29) is 11.7 Å². The molecule has 1 atom stereocenters. The van der Waals surface area contributed by atoms with Crippen LogP contribution in [0.4, 0.5) is 5.69 Å². The number of benzene rings is 2. The molecule has 1 unspecified atom stereocenters. The number of anilines is 1. The molecule has 1 saturated heterocycles. The Bertz CT molecular complexity index is 841. The third-order valence-electron chi connectivity index (χ3n) is 5.33. The minimum atomic E-state index is -0.416. The monoisotopic (exact) mass is 349 g/mol. The van der Waals surface area contributed by atoms with Crippen molar-refractivity contribution in [2.75, 3.05) is 45.1 Å². The molecule has 2 aromatic carbocycles. The van der Waals surface area contributed by atoms with Crippen molar-refractivity contribution in [3.8, 4) is 0 Å². The average molecular weight is 349 g/mol. The van der Waals surface area contributed by atoms with Gasteiger partial charge in [-0.25, -0.2) is 0 Å². The Morgan fingerprint density at radius 1 is 1.00 bits per heavy atom. The summed E-state index contributed by atoms with van der Waals surface area (Å²) < 4.78 is 0. The fourth-order valence-corrected chi connectivity index (χ4v) is 3.84. The Labute approximate surface area is 153 Å². The number of rotatable bonds is 3. The number of likely N-dealkylation sites (N-methyl/N-ethyl adjacent to an activating group) is 1. The molecule has 2 aliphatic heterocycles. The number of carbonyl (C=O) groups is 2. The van der Waals surface area contributed by atoms with E-state index in [1.54, 1.807) is 6.07 Å². The molecule has 1 amide bonds. The number of Topliss-reactive ketones (excluding diaryl/α,β-unsaturated/α-hetero) is 1. The Morgan fingerprint density at radius 2 is 1.65 bits per heavy atom. The summed E-state index contributed by atoms with van der Waals surface area (Å²) in [6.45, 7) is 4.16. The zero-order valence-corrected chi connectivity index (χ0v) is 14.9. The highest BCUT2D eigenvalue weighted by atomic mass is 16.2. The first kappa shape index (κ1) is 16.9. The van der Waals surface area contributed by atoms with Gasteiger partial charge in [-0.15, -0.1) is 0 Å². The summed E-state index contributed by atoms with van der Waals surface area (Å²) in [6, 6.07) is 15.1. The average Bonchev–Trinajstić information content (AvgIpc) is 2.77. The molecular weight excluding hydrogens is 326 g/mol. The highest BCUT2D eigenvalue weighted by molar-refractivity contribution is 6.09. The van der Waals surface area contributed by atoms with Gasteiger partial charge in [-0.05, 0) is 30.3 Å². The Balaban J connectivity index is 1.71. The molecule has 0 saturated carbocycles. The van der Waals surface area contributed by atoms with E-state index in [4.69, 9.17) is 0 Å². The SMILES string of the molecule is CN1CCN(CC(=O)C2c3ccccc3NC(=O)c3ccccc32)CC1. The zero-order chi connectivity index (χ0) is 18.1. The second-order valence-electron chi connectivity index (χ2n) is 7.11. The minimum Gasteiger partial charge on any atom is -0.322 e. The van der Waals surface area contributed by atoms with Crippen molar-refractivity contribution in [1.82, 2.24) is 9.80 Å². The lowest BCUT2D eigenvalue weighted by molar-refractivity contribution is -0.121. The van der Waals surface area contributed by atoms with Gasteiger partial charge in [-0.3, -0.25) is 14.5 Å². The van der Waals surface area contributed by atoms with E-state index in [0.717, 1.165) is 43.0 Å². The van der Waals surface area contributed by atoms with Crippen LogP contribution in [0.1, 0.15) is 27.4 Å². The predicted molar refractivity (Wildman–Crippen MR) is 102 cm³/mol. The largest absolute Gasteiger partial charge is 0.322 e. The van der Waals surface area contributed by atoms with Gasteiger partial charge in [0.2, 0.25) is 0 Å². The topological polar surface area (TPSA) is 52.6 Å². The van der Waals surface area contributed by atoms with Crippen LogP contribution < -0.4 is 5.32 Å². The molecule has 0 radical (unpaired) electrons. The van der Waals surface area contributed by atoms with Crippen LogP contribution in [0.25, 0.3) is 0 Å². The number of amides is 1. The van der Waals surface area contributed by atoms with E-state index in [0.29, 0.717) is 12.1 Å². The molecule has 2 aliphatic rings. The Morgan fingerprint density at radius 3 is 2.42 bits per heavy atom. The summed E-state index contributed by atoms with van der Waals surface area (Å²) in [7, 11) is 2.11. The molecular formula is C21H23N3O2. The van der Waals surface area contributed by atoms with Crippen molar-refractivity contribution >= 4 is 17.4 Å². The van der Waals surface area contributed by atoms with Crippen LogP contribution >= 0.6 is 0 Å². The van der Waals surface area contributed by atoms with Gasteiger partial charge in [0.15, 0.2) is 5.78 Å². The van der Waals surface area contributed by atoms with Gasteiger partial charge >= 0.3 is 0 Å². The molecule has 2 heterocycles. The summed E-state index contributed by atoms with van der Waals surface area (Å²) in [5, 5.41) is 2.96. The first-order chi connectivity index (χ1) is 12.6. The van der Waals surface area contributed by atoms with E-state index in [2.05, 4.69) is 22.2 Å². The lowest BCUT2D eigenvalue weighted by atomic mass is 9.85. The fourth-order valence-electron chi connectivity index (χ4n) is 3.84. The van der Waals surface area contributed by atoms with E-state index in [1.165, 1.54) is 0 Å². The van der Waals surface area contributed by atoms with Gasteiger partial charge in [0, 0.05) is 37.4 Å². The number of fused-ring (bicyclic) bond motifs is 2. The molecule has 1 N–H and O–H groups in total. The number of ketones is 1. The van der Waals surface area contributed by atoms with E-state index >= 15 is 0 Å². The minimum absolute atomic E-state index is 0.144. The van der Waals surface area contributed by atoms with Crippen LogP contribution in [-0.2, 0) is 4.79 Å². The van der Waals surface area contributed by atoms with Crippen LogP contribution in [0, 0.1) is 0 Å². The second-order valence-corrected chi connectivity index (χ2v) is 7.11. The third kappa shape index (κ3) is 3.16. The maximum Gasteiger partial charge on any atom is 0.255 e. The molecule has 0 bridgehead atoms. The van der Waals surface area contributed by atoms with Crippen LogP contribution in [0.5, 0.6) is 0 Å². The van der Waals surface area contributed by atoms with Crippen molar-refractivity contribution in [1.29, 1.82) is 0 Å². The molecule has 1 fully saturated rings. The fraction of sp³-hybridized carbons (Fsp3) is 0.333. The van der Waals surface area contributed by atoms with Crippen molar-refractivity contribution in [2.45, 2.75) is 5.92 Å². The van der Waals surface area contributed by atoms with Gasteiger partial charge in [-0.2, -0.15) is 0 Å². The van der Waals surface area contributed by atoms with Crippen LogP contribution in [0.2, 0.25) is 0 Å². The van der Waals surface area contributed by atoms with E-state index in [9.17, 15) is 9.59 Å². The highest BCUT2D eigenvalue weighted by Crippen LogP contribution is 2.36. The van der Waals surface area contributed by atoms with Gasteiger partial charge < -0.3 is 10.2 Å². The van der Waals surface area contributed by atoms with Crippen molar-refractivity contribution in [3.05, 3.63) is 65.2 Å². The summed E-state index contributed by atoms with van der Waals surface area (Å²) in [4.78, 5) is 30.5. The van der Waals surface area contributed by atoms with E-state index < -0.39 is 5.92 Å². The Kier molecular flexibility index (Phi) is 4.57. The standard InChI is InChI=1S/C21H23N3O2/c1-23-10-12-24(13-11-23)14-19(25)20-15-6-2-3-7-16(15)21(26)22-18-9-5-4-8-17(18)20/h2-9,20H,10-14H2,1H3,(H,22,26). The molecule has 5 heteroatoms. The van der Waals surface area contributed by atoms with E-state index in [1.807, 2.05) is 42.5 Å². The lowest BCUT2D eigenvalue weighted by Gasteiger charge is -2.32. The highest BCUT2D eigenvalue weighted by Gasteiger charge is 2.32. The molecule has 134 valence electrons. The zero-order valence-electron chi connectivity index (χ0n) is 14.9. The Hall–Kier alpha value is -2.50. The van der Waals surface area contributed by atoms with Gasteiger partial charge in [-0.1, -0.05) is 36.4 Å². The number of hydrogen-bond donors (Lipinski definition) is 1. The quantitative estimate of drug-likeness (QED) is 0.923. The molecule has 4 rings (SSSR count). The summed E-state index contributed by atoms with van der Waals surface area (Å²) in [5.41, 5.74) is 2.99. The van der Waals surface area contributed by atoms with Crippen LogP contribution in [-0.4, -0.2) is 61.3 Å².